The molecule has 0 spiro atoms. The van der Waals surface area contributed by atoms with Crippen molar-refractivity contribution in [2.24, 2.45) is 0 Å². The molecule has 156 valence electrons. The van der Waals surface area contributed by atoms with Gasteiger partial charge in [-0.05, 0) is 51.0 Å². The van der Waals surface area contributed by atoms with Crippen molar-refractivity contribution in [3.05, 3.63) is 64.7 Å². The fraction of sp³-hybridized carbons (Fsp3) is 0.391. The van der Waals surface area contributed by atoms with Gasteiger partial charge in [0.15, 0.2) is 6.61 Å². The third kappa shape index (κ3) is 6.79. The number of amides is 2. The molecule has 0 heterocycles. The summed E-state index contributed by atoms with van der Waals surface area (Å²) < 4.78 is 5.65. The molecule has 0 radical (unpaired) electrons. The monoisotopic (exact) mass is 416 g/mol. The summed E-state index contributed by atoms with van der Waals surface area (Å²) >= 11 is 6.28. The highest BCUT2D eigenvalue weighted by atomic mass is 35.5. The average molecular weight is 417 g/mol. The largest absolute Gasteiger partial charge is 0.484 e. The third-order valence-corrected chi connectivity index (χ3v) is 5.22. The fourth-order valence-corrected chi connectivity index (χ4v) is 2.92. The van der Waals surface area contributed by atoms with E-state index in [1.54, 1.807) is 13.0 Å². The Hall–Kier alpha value is -2.53. The minimum Gasteiger partial charge on any atom is -0.484 e. The number of hydrogen-bond acceptors (Lipinski definition) is 3. The molecule has 2 atom stereocenters. The van der Waals surface area contributed by atoms with Crippen LogP contribution in [0.1, 0.15) is 38.3 Å². The van der Waals surface area contributed by atoms with E-state index < -0.39 is 6.04 Å². The Morgan fingerprint density at radius 3 is 2.38 bits per heavy atom. The lowest BCUT2D eigenvalue weighted by molar-refractivity contribution is -0.142. The number of nitrogens with one attached hydrogen (secondary N) is 1. The molecule has 2 aromatic rings. The lowest BCUT2D eigenvalue weighted by atomic mass is 10.1. The number of rotatable bonds is 9. The molecule has 2 amide bonds. The summed E-state index contributed by atoms with van der Waals surface area (Å²) in [5, 5.41) is 3.49. The first kappa shape index (κ1) is 22.8. The van der Waals surface area contributed by atoms with E-state index in [4.69, 9.17) is 16.3 Å². The summed E-state index contributed by atoms with van der Waals surface area (Å²) in [7, 11) is 0. The highest BCUT2D eigenvalue weighted by molar-refractivity contribution is 6.31. The molecule has 2 rings (SSSR count). The Labute approximate surface area is 178 Å². The minimum atomic E-state index is -0.658. The number of hydrogen-bond donors (Lipinski definition) is 1. The first-order chi connectivity index (χ1) is 13.8. The maximum atomic E-state index is 13.0. The Kier molecular flexibility index (Phi) is 8.52. The van der Waals surface area contributed by atoms with Crippen molar-refractivity contribution >= 4 is 23.4 Å². The van der Waals surface area contributed by atoms with Crippen molar-refractivity contribution in [3.63, 3.8) is 0 Å². The molecule has 0 aromatic heterocycles. The maximum absolute atomic E-state index is 13.0. The van der Waals surface area contributed by atoms with Gasteiger partial charge in [-0.3, -0.25) is 9.59 Å². The Morgan fingerprint density at radius 2 is 1.76 bits per heavy atom. The number of carbonyl (C=O) groups excluding carboxylic acids is 2. The van der Waals surface area contributed by atoms with Gasteiger partial charge in [0.25, 0.3) is 5.91 Å². The van der Waals surface area contributed by atoms with E-state index >= 15 is 0 Å². The summed E-state index contributed by atoms with van der Waals surface area (Å²) in [6.07, 6.45) is 0.813. The molecule has 0 fully saturated rings. The van der Waals surface area contributed by atoms with Crippen LogP contribution >= 0.6 is 11.6 Å². The summed E-state index contributed by atoms with van der Waals surface area (Å²) in [6, 6.07) is 14.2. The van der Waals surface area contributed by atoms with Crippen molar-refractivity contribution in [2.45, 2.75) is 52.7 Å². The average Bonchev–Trinajstić information content (AvgIpc) is 2.71. The molecule has 2 aromatic carbocycles. The summed E-state index contributed by atoms with van der Waals surface area (Å²) in [5.41, 5.74) is 1.89. The highest BCUT2D eigenvalue weighted by Gasteiger charge is 2.27. The Bertz CT molecular complexity index is 823. The zero-order valence-electron chi connectivity index (χ0n) is 17.4. The first-order valence-corrected chi connectivity index (χ1v) is 10.2. The van der Waals surface area contributed by atoms with Crippen LogP contribution in [0.5, 0.6) is 5.75 Å². The molecular weight excluding hydrogens is 388 g/mol. The van der Waals surface area contributed by atoms with Gasteiger partial charge in [0.05, 0.1) is 0 Å². The van der Waals surface area contributed by atoms with Crippen molar-refractivity contribution in [1.29, 1.82) is 0 Å². The van der Waals surface area contributed by atoms with Crippen LogP contribution in [-0.2, 0) is 16.1 Å². The second-order valence-electron chi connectivity index (χ2n) is 7.21. The van der Waals surface area contributed by atoms with Crippen LogP contribution < -0.4 is 10.1 Å². The van der Waals surface area contributed by atoms with Gasteiger partial charge in [-0.2, -0.15) is 0 Å². The summed E-state index contributed by atoms with van der Waals surface area (Å²) in [4.78, 5) is 27.2. The molecule has 5 nitrogen and oxygen atoms in total. The van der Waals surface area contributed by atoms with Gasteiger partial charge in [-0.1, -0.05) is 54.4 Å². The SMILES string of the molecule is CC[C@H](C)NC(=O)[C@H](C)N(Cc1ccccc1Cl)C(=O)COc1ccc(C)cc1. The lowest BCUT2D eigenvalue weighted by Gasteiger charge is -2.30. The van der Waals surface area contributed by atoms with E-state index in [9.17, 15) is 9.59 Å². The molecule has 0 saturated carbocycles. The summed E-state index contributed by atoms with van der Waals surface area (Å²) in [5.74, 6) is 0.130. The number of ether oxygens (including phenoxy) is 1. The molecule has 0 unspecified atom stereocenters. The standard InChI is InChI=1S/C23H29ClN2O3/c1-5-17(3)25-23(28)18(4)26(14-19-8-6-7-9-21(19)24)22(27)15-29-20-12-10-16(2)11-13-20/h6-13,17-18H,5,14-15H2,1-4H3,(H,25,28)/t17-,18-/m0/s1. The van der Waals surface area contributed by atoms with E-state index in [-0.39, 0.29) is 31.0 Å². The molecular formula is C23H29ClN2O3. The van der Waals surface area contributed by atoms with Gasteiger partial charge in [0, 0.05) is 17.6 Å². The van der Waals surface area contributed by atoms with Gasteiger partial charge in [-0.25, -0.2) is 0 Å². The number of carbonyl (C=O) groups is 2. The number of benzene rings is 2. The van der Waals surface area contributed by atoms with Crippen molar-refractivity contribution < 1.29 is 14.3 Å². The van der Waals surface area contributed by atoms with Gasteiger partial charge in [0.1, 0.15) is 11.8 Å². The zero-order valence-corrected chi connectivity index (χ0v) is 18.2. The third-order valence-electron chi connectivity index (χ3n) is 4.85. The maximum Gasteiger partial charge on any atom is 0.261 e. The number of aryl methyl sites for hydroxylation is 1. The van der Waals surface area contributed by atoms with Crippen LogP contribution in [0.4, 0.5) is 0 Å². The smallest absolute Gasteiger partial charge is 0.261 e. The molecule has 29 heavy (non-hydrogen) atoms. The van der Waals surface area contributed by atoms with Crippen molar-refractivity contribution in [1.82, 2.24) is 10.2 Å². The van der Waals surface area contributed by atoms with Gasteiger partial charge < -0.3 is 15.0 Å². The van der Waals surface area contributed by atoms with E-state index in [1.165, 1.54) is 4.90 Å². The quantitative estimate of drug-likeness (QED) is 0.660. The van der Waals surface area contributed by atoms with Crippen LogP contribution in [0.15, 0.2) is 48.5 Å². The van der Waals surface area contributed by atoms with Crippen molar-refractivity contribution in [3.8, 4) is 5.75 Å². The normalized spacial score (nSPS) is 12.7. The predicted molar refractivity (Wildman–Crippen MR) is 116 cm³/mol. The summed E-state index contributed by atoms with van der Waals surface area (Å²) in [6.45, 7) is 7.71. The fourth-order valence-electron chi connectivity index (χ4n) is 2.72. The van der Waals surface area contributed by atoms with E-state index in [1.807, 2.05) is 63.2 Å². The second-order valence-corrected chi connectivity index (χ2v) is 7.62. The molecule has 0 aliphatic rings. The van der Waals surface area contributed by atoms with E-state index in [0.29, 0.717) is 10.8 Å². The van der Waals surface area contributed by atoms with Crippen LogP contribution in [0, 0.1) is 6.92 Å². The van der Waals surface area contributed by atoms with Gasteiger partial charge >= 0.3 is 0 Å². The molecule has 0 aliphatic heterocycles. The molecule has 0 aliphatic carbocycles. The van der Waals surface area contributed by atoms with E-state index in [0.717, 1.165) is 17.5 Å². The molecule has 1 N–H and O–H groups in total. The Balaban J connectivity index is 2.15. The molecule has 0 saturated heterocycles. The molecule has 6 heteroatoms. The van der Waals surface area contributed by atoms with Crippen LogP contribution in [0.25, 0.3) is 0 Å². The second kappa shape index (κ2) is 10.9. The minimum absolute atomic E-state index is 0.0334. The van der Waals surface area contributed by atoms with Crippen LogP contribution in [0.3, 0.4) is 0 Å². The number of halogens is 1. The van der Waals surface area contributed by atoms with E-state index in [2.05, 4.69) is 5.32 Å². The van der Waals surface area contributed by atoms with Crippen LogP contribution in [-0.4, -0.2) is 35.4 Å². The molecule has 0 bridgehead atoms. The van der Waals surface area contributed by atoms with Gasteiger partial charge in [0.2, 0.25) is 5.91 Å². The van der Waals surface area contributed by atoms with Gasteiger partial charge in [-0.15, -0.1) is 0 Å². The predicted octanol–water partition coefficient (Wildman–Crippen LogP) is 4.36. The van der Waals surface area contributed by atoms with Crippen molar-refractivity contribution in [2.75, 3.05) is 6.61 Å². The lowest BCUT2D eigenvalue weighted by Crippen LogP contribution is -2.50. The number of nitrogens with zero attached hydrogens (tertiary/aromatic N) is 1. The Morgan fingerprint density at radius 1 is 1.10 bits per heavy atom. The topological polar surface area (TPSA) is 58.6 Å². The van der Waals surface area contributed by atoms with Crippen LogP contribution in [0.2, 0.25) is 5.02 Å². The first-order valence-electron chi connectivity index (χ1n) is 9.84. The zero-order chi connectivity index (χ0) is 21.4. The highest BCUT2D eigenvalue weighted by Crippen LogP contribution is 2.19.